The topological polar surface area (TPSA) is 51.0 Å². The third kappa shape index (κ3) is 4.80. The summed E-state index contributed by atoms with van der Waals surface area (Å²) in [6.07, 6.45) is 3.33. The summed E-state index contributed by atoms with van der Waals surface area (Å²) in [5.41, 5.74) is 3.05. The van der Waals surface area contributed by atoms with Gasteiger partial charge in [-0.25, -0.2) is 0 Å². The number of hydrogen-bond acceptors (Lipinski definition) is 4. The van der Waals surface area contributed by atoms with E-state index in [9.17, 15) is 4.79 Å². The molecule has 162 valence electrons. The average Bonchev–Trinajstić information content (AvgIpc) is 3.16. The number of thioether (sulfide) groups is 1. The second kappa shape index (κ2) is 9.45. The second-order valence-electron chi connectivity index (χ2n) is 8.21. The summed E-state index contributed by atoms with van der Waals surface area (Å²) in [6.45, 7) is 6.35. The van der Waals surface area contributed by atoms with E-state index in [1.807, 2.05) is 45.9 Å². The van der Waals surface area contributed by atoms with Gasteiger partial charge in [0.1, 0.15) is 0 Å². The van der Waals surface area contributed by atoms with Crippen molar-refractivity contribution in [3.05, 3.63) is 59.1 Å². The number of aromatic nitrogens is 3. The summed E-state index contributed by atoms with van der Waals surface area (Å²) in [7, 11) is 0. The van der Waals surface area contributed by atoms with Crippen LogP contribution < -0.4 is 0 Å². The van der Waals surface area contributed by atoms with Crippen LogP contribution in [0.15, 0.2) is 53.7 Å². The first-order valence-corrected chi connectivity index (χ1v) is 12.0. The fraction of sp³-hybridized carbons (Fsp3) is 0.375. The lowest BCUT2D eigenvalue weighted by Crippen LogP contribution is -2.48. The minimum Gasteiger partial charge on any atom is -0.337 e. The van der Waals surface area contributed by atoms with Gasteiger partial charge in [-0.05, 0) is 82.0 Å². The first-order chi connectivity index (χ1) is 14.9. The van der Waals surface area contributed by atoms with Crippen molar-refractivity contribution < 1.29 is 4.79 Å². The summed E-state index contributed by atoms with van der Waals surface area (Å²) in [5.74, 6) is 1.24. The molecular formula is C24H27ClN4OS. The van der Waals surface area contributed by atoms with E-state index in [2.05, 4.69) is 43.1 Å². The summed E-state index contributed by atoms with van der Waals surface area (Å²) >= 11 is 7.52. The monoisotopic (exact) mass is 454 g/mol. The van der Waals surface area contributed by atoms with Crippen molar-refractivity contribution in [3.8, 4) is 17.1 Å². The maximum Gasteiger partial charge on any atom is 0.233 e. The molecule has 0 bridgehead atoms. The van der Waals surface area contributed by atoms with Gasteiger partial charge in [0.25, 0.3) is 0 Å². The molecule has 0 radical (unpaired) electrons. The number of piperidine rings is 1. The van der Waals surface area contributed by atoms with Crippen LogP contribution in [0.5, 0.6) is 0 Å². The first-order valence-electron chi connectivity index (χ1n) is 10.7. The summed E-state index contributed by atoms with van der Waals surface area (Å²) in [6, 6.07) is 16.4. The van der Waals surface area contributed by atoms with Crippen molar-refractivity contribution >= 4 is 29.3 Å². The van der Waals surface area contributed by atoms with E-state index in [1.165, 1.54) is 18.2 Å². The van der Waals surface area contributed by atoms with E-state index in [1.54, 1.807) is 0 Å². The molecule has 1 saturated heterocycles. The Morgan fingerprint density at radius 3 is 2.48 bits per heavy atom. The molecule has 5 nitrogen and oxygen atoms in total. The van der Waals surface area contributed by atoms with Crippen molar-refractivity contribution in [1.29, 1.82) is 0 Å². The molecule has 1 aliphatic rings. The van der Waals surface area contributed by atoms with Gasteiger partial charge in [-0.15, -0.1) is 10.2 Å². The van der Waals surface area contributed by atoms with Crippen molar-refractivity contribution in [1.82, 2.24) is 19.7 Å². The van der Waals surface area contributed by atoms with Gasteiger partial charge in [0.05, 0.1) is 5.75 Å². The molecule has 2 heterocycles. The van der Waals surface area contributed by atoms with Crippen LogP contribution in [0.4, 0.5) is 0 Å². The van der Waals surface area contributed by atoms with Crippen LogP contribution in [-0.2, 0) is 4.79 Å². The lowest BCUT2D eigenvalue weighted by Gasteiger charge is -2.39. The molecule has 1 amide bonds. The Balaban J connectivity index is 1.64. The van der Waals surface area contributed by atoms with Gasteiger partial charge in [-0.1, -0.05) is 35.5 Å². The zero-order chi connectivity index (χ0) is 22.0. The van der Waals surface area contributed by atoms with E-state index in [-0.39, 0.29) is 18.0 Å². The number of nitrogens with zero attached hydrogens (tertiary/aromatic N) is 4. The number of likely N-dealkylation sites (tertiary alicyclic amines) is 1. The molecule has 1 fully saturated rings. The molecule has 0 spiro atoms. The molecule has 7 heteroatoms. The van der Waals surface area contributed by atoms with Gasteiger partial charge in [-0.2, -0.15) is 0 Å². The highest BCUT2D eigenvalue weighted by molar-refractivity contribution is 7.99. The third-order valence-electron chi connectivity index (χ3n) is 5.80. The van der Waals surface area contributed by atoms with E-state index >= 15 is 0 Å². The molecule has 0 aliphatic carbocycles. The SMILES string of the molecule is Cc1cccc(-n2c(SCC(=O)N3C(C)CCCC3C)nnc2-c2ccc(Cl)cc2)c1. The molecule has 3 aromatic rings. The number of halogens is 1. The lowest BCUT2D eigenvalue weighted by atomic mass is 9.98. The standard InChI is InChI=1S/C24H27ClN4OS/c1-16-6-4-9-21(14-16)29-23(19-10-12-20(25)13-11-19)26-27-24(29)31-15-22(30)28-17(2)7-5-8-18(28)3/h4,6,9-14,17-18H,5,7-8,15H2,1-3H3. The summed E-state index contributed by atoms with van der Waals surface area (Å²) < 4.78 is 2.03. The van der Waals surface area contributed by atoms with Crippen molar-refractivity contribution in [2.24, 2.45) is 0 Å². The quantitative estimate of drug-likeness (QED) is 0.458. The molecule has 31 heavy (non-hydrogen) atoms. The second-order valence-corrected chi connectivity index (χ2v) is 9.59. The number of carbonyl (C=O) groups is 1. The predicted molar refractivity (Wildman–Crippen MR) is 127 cm³/mol. The Bertz CT molecular complexity index is 1060. The van der Waals surface area contributed by atoms with E-state index in [4.69, 9.17) is 11.6 Å². The average molecular weight is 455 g/mol. The van der Waals surface area contributed by atoms with Gasteiger partial charge in [0, 0.05) is 28.4 Å². The van der Waals surface area contributed by atoms with Gasteiger partial charge >= 0.3 is 0 Å². The molecule has 1 aliphatic heterocycles. The normalized spacial score (nSPS) is 18.9. The predicted octanol–water partition coefficient (Wildman–Crippen LogP) is 5.78. The molecule has 2 atom stereocenters. The van der Waals surface area contributed by atoms with Crippen molar-refractivity contribution in [2.45, 2.75) is 57.3 Å². The Morgan fingerprint density at radius 1 is 1.10 bits per heavy atom. The maximum absolute atomic E-state index is 13.0. The van der Waals surface area contributed by atoms with Crippen molar-refractivity contribution in [2.75, 3.05) is 5.75 Å². The minimum absolute atomic E-state index is 0.163. The zero-order valence-corrected chi connectivity index (χ0v) is 19.7. The molecule has 4 rings (SSSR count). The number of carbonyl (C=O) groups excluding carboxylic acids is 1. The maximum atomic E-state index is 13.0. The summed E-state index contributed by atoms with van der Waals surface area (Å²) in [4.78, 5) is 15.1. The lowest BCUT2D eigenvalue weighted by molar-refractivity contribution is -0.134. The van der Waals surface area contributed by atoms with E-state index in [0.29, 0.717) is 15.9 Å². The Kier molecular flexibility index (Phi) is 6.68. The van der Waals surface area contributed by atoms with Crippen LogP contribution in [0, 0.1) is 6.92 Å². The van der Waals surface area contributed by atoms with Gasteiger partial charge < -0.3 is 4.90 Å². The fourth-order valence-corrected chi connectivity index (χ4v) is 5.21. The third-order valence-corrected chi connectivity index (χ3v) is 6.97. The highest BCUT2D eigenvalue weighted by Crippen LogP contribution is 2.30. The number of amides is 1. The van der Waals surface area contributed by atoms with Crippen LogP contribution in [0.25, 0.3) is 17.1 Å². The Hall–Kier alpha value is -2.31. The number of benzene rings is 2. The number of aryl methyl sites for hydroxylation is 1. The van der Waals surface area contributed by atoms with Crippen LogP contribution in [-0.4, -0.2) is 43.4 Å². The molecule has 2 unspecified atom stereocenters. The Morgan fingerprint density at radius 2 is 1.81 bits per heavy atom. The number of rotatable bonds is 5. The molecule has 1 aromatic heterocycles. The largest absolute Gasteiger partial charge is 0.337 e. The molecule has 0 N–H and O–H groups in total. The van der Waals surface area contributed by atoms with Crippen LogP contribution in [0.3, 0.4) is 0 Å². The van der Waals surface area contributed by atoms with E-state index < -0.39 is 0 Å². The fourth-order valence-electron chi connectivity index (χ4n) is 4.26. The van der Waals surface area contributed by atoms with Gasteiger partial charge in [0.15, 0.2) is 11.0 Å². The minimum atomic E-state index is 0.163. The molecule has 2 aromatic carbocycles. The molecular weight excluding hydrogens is 428 g/mol. The van der Waals surface area contributed by atoms with Gasteiger partial charge in [0.2, 0.25) is 5.91 Å². The first kappa shape index (κ1) is 21.9. The number of hydrogen-bond donors (Lipinski definition) is 0. The zero-order valence-electron chi connectivity index (χ0n) is 18.1. The van der Waals surface area contributed by atoms with Crippen LogP contribution in [0.1, 0.15) is 38.7 Å². The van der Waals surface area contributed by atoms with Crippen molar-refractivity contribution in [3.63, 3.8) is 0 Å². The molecule has 0 saturated carbocycles. The Labute approximate surface area is 192 Å². The van der Waals surface area contributed by atoms with Crippen LogP contribution in [0.2, 0.25) is 5.02 Å². The van der Waals surface area contributed by atoms with Gasteiger partial charge in [-0.3, -0.25) is 9.36 Å². The highest BCUT2D eigenvalue weighted by Gasteiger charge is 2.29. The van der Waals surface area contributed by atoms with E-state index in [0.717, 1.165) is 35.5 Å². The highest BCUT2D eigenvalue weighted by atomic mass is 35.5. The smallest absolute Gasteiger partial charge is 0.233 e. The summed E-state index contributed by atoms with van der Waals surface area (Å²) in [5, 5.41) is 10.3. The van der Waals surface area contributed by atoms with Crippen LogP contribution >= 0.6 is 23.4 Å².